The van der Waals surface area contributed by atoms with Gasteiger partial charge in [-0.25, -0.2) is 0 Å². The highest BCUT2D eigenvalue weighted by atomic mass is 16.6. The van der Waals surface area contributed by atoms with Gasteiger partial charge in [0.1, 0.15) is 18.4 Å². The molecule has 0 radical (unpaired) electrons. The van der Waals surface area contributed by atoms with Crippen molar-refractivity contribution < 1.29 is 28.8 Å². The molecule has 1 heterocycles. The number of esters is 1. The van der Waals surface area contributed by atoms with Gasteiger partial charge in [0.2, 0.25) is 5.91 Å². The van der Waals surface area contributed by atoms with Crippen molar-refractivity contribution in [3.63, 3.8) is 0 Å². The fourth-order valence-corrected chi connectivity index (χ4v) is 4.26. The number of ether oxygens (including phenoxy) is 2. The molecule has 1 aliphatic heterocycles. The van der Waals surface area contributed by atoms with Gasteiger partial charge in [-0.05, 0) is 24.1 Å². The Labute approximate surface area is 219 Å². The molecule has 0 bridgehead atoms. The number of benzene rings is 3. The Hall–Kier alpha value is -4.73. The predicted octanol–water partition coefficient (Wildman–Crippen LogP) is 3.98. The molecule has 0 saturated carbocycles. The Balaban J connectivity index is 1.60. The third-order valence-electron chi connectivity index (χ3n) is 6.07. The van der Waals surface area contributed by atoms with E-state index in [-0.39, 0.29) is 43.1 Å². The average molecular weight is 518 g/mol. The molecule has 0 fully saturated rings. The van der Waals surface area contributed by atoms with Crippen molar-refractivity contribution in [3.8, 4) is 5.75 Å². The largest absolute Gasteiger partial charge is 0.483 e. The Kier molecular flexibility index (Phi) is 8.32. The van der Waals surface area contributed by atoms with Gasteiger partial charge < -0.3 is 19.7 Å². The van der Waals surface area contributed by atoms with Crippen LogP contribution in [0, 0.1) is 10.1 Å². The fraction of sp³-hybridized carbons (Fsp3) is 0.250. The second kappa shape index (κ2) is 12.0. The molecular weight excluding hydrogens is 490 g/mol. The van der Waals surface area contributed by atoms with Crippen molar-refractivity contribution >= 4 is 23.5 Å². The molecule has 0 aliphatic carbocycles. The van der Waals surface area contributed by atoms with Crippen molar-refractivity contribution in [2.75, 3.05) is 19.7 Å². The van der Waals surface area contributed by atoms with Gasteiger partial charge in [0.25, 0.3) is 11.6 Å². The minimum absolute atomic E-state index is 0.00318. The molecule has 4 rings (SSSR count). The molecule has 10 nitrogen and oxygen atoms in total. The molecule has 0 spiro atoms. The van der Waals surface area contributed by atoms with E-state index >= 15 is 0 Å². The van der Waals surface area contributed by atoms with Crippen LogP contribution in [0.1, 0.15) is 47.0 Å². The number of fused-ring (bicyclic) bond motifs is 1. The molecule has 10 heteroatoms. The average Bonchev–Trinajstić information content (AvgIpc) is 3.05. The molecule has 2 amide bonds. The van der Waals surface area contributed by atoms with Crippen LogP contribution in [0.15, 0.2) is 78.9 Å². The highest BCUT2D eigenvalue weighted by Crippen LogP contribution is 2.33. The van der Waals surface area contributed by atoms with Crippen LogP contribution in [0.25, 0.3) is 0 Å². The van der Waals surface area contributed by atoms with Crippen LogP contribution in [-0.2, 0) is 14.3 Å². The topological polar surface area (TPSA) is 128 Å². The van der Waals surface area contributed by atoms with Crippen LogP contribution in [0.3, 0.4) is 0 Å². The predicted molar refractivity (Wildman–Crippen MR) is 137 cm³/mol. The van der Waals surface area contributed by atoms with E-state index in [1.165, 1.54) is 17.0 Å². The van der Waals surface area contributed by atoms with E-state index in [0.29, 0.717) is 5.56 Å². The van der Waals surface area contributed by atoms with Gasteiger partial charge in [-0.1, -0.05) is 60.7 Å². The lowest BCUT2D eigenvalue weighted by Crippen LogP contribution is -2.43. The summed E-state index contributed by atoms with van der Waals surface area (Å²) < 4.78 is 11.2. The van der Waals surface area contributed by atoms with Crippen LogP contribution < -0.4 is 10.1 Å². The molecule has 1 N–H and O–H groups in total. The first kappa shape index (κ1) is 26.3. The number of rotatable bonds is 9. The van der Waals surface area contributed by atoms with E-state index in [1.807, 2.05) is 36.4 Å². The molecule has 0 aromatic heterocycles. The second-order valence-corrected chi connectivity index (χ2v) is 8.68. The zero-order valence-corrected chi connectivity index (χ0v) is 20.7. The maximum atomic E-state index is 13.5. The summed E-state index contributed by atoms with van der Waals surface area (Å²) in [5, 5.41) is 14.2. The van der Waals surface area contributed by atoms with Crippen LogP contribution >= 0.6 is 0 Å². The number of carbonyl (C=O) groups is 3. The SMILES string of the molecule is CCOC(=O)C[C@H](NC(=O)CN1CC(c2ccccc2)Oc2ccc([N+](=O)[O-])cc2C1=O)c1ccccc1. The van der Waals surface area contributed by atoms with Crippen molar-refractivity contribution in [1.82, 2.24) is 10.2 Å². The van der Waals surface area contributed by atoms with Crippen LogP contribution in [0.4, 0.5) is 5.69 Å². The van der Waals surface area contributed by atoms with Crippen molar-refractivity contribution in [3.05, 3.63) is 106 Å². The first-order valence-electron chi connectivity index (χ1n) is 12.1. The van der Waals surface area contributed by atoms with E-state index in [4.69, 9.17) is 9.47 Å². The van der Waals surface area contributed by atoms with E-state index in [1.54, 1.807) is 31.2 Å². The number of nitrogens with zero attached hydrogens (tertiary/aromatic N) is 2. The van der Waals surface area contributed by atoms with Gasteiger partial charge in [0.05, 0.1) is 36.1 Å². The lowest BCUT2D eigenvalue weighted by molar-refractivity contribution is -0.384. The minimum atomic E-state index is -0.667. The smallest absolute Gasteiger partial charge is 0.308 e. The molecule has 2 atom stereocenters. The summed E-state index contributed by atoms with van der Waals surface area (Å²) in [4.78, 5) is 51.0. The fourth-order valence-electron chi connectivity index (χ4n) is 4.26. The van der Waals surface area contributed by atoms with Crippen LogP contribution in [-0.4, -0.2) is 47.3 Å². The molecule has 3 aromatic carbocycles. The molecule has 0 saturated heterocycles. The van der Waals surface area contributed by atoms with E-state index in [0.717, 1.165) is 11.6 Å². The number of nitro benzene ring substituents is 1. The van der Waals surface area contributed by atoms with E-state index < -0.39 is 34.9 Å². The lowest BCUT2D eigenvalue weighted by atomic mass is 10.0. The standard InChI is InChI=1S/C28H27N3O7/c1-2-37-27(33)16-23(19-9-5-3-6-10-19)29-26(32)18-30-17-25(20-11-7-4-8-12-20)38-24-14-13-21(31(35)36)15-22(24)28(30)34/h3-15,23,25H,2,16-18H2,1H3,(H,29,32)/t23-,25?/m0/s1. The molecule has 3 aromatic rings. The Morgan fingerprint density at radius 3 is 2.45 bits per heavy atom. The Morgan fingerprint density at radius 2 is 1.79 bits per heavy atom. The maximum absolute atomic E-state index is 13.5. The van der Waals surface area contributed by atoms with Gasteiger partial charge in [-0.2, -0.15) is 0 Å². The third-order valence-corrected chi connectivity index (χ3v) is 6.07. The number of nitrogens with one attached hydrogen (secondary N) is 1. The Bertz CT molecular complexity index is 1310. The van der Waals surface area contributed by atoms with Crippen LogP contribution in [0.2, 0.25) is 0 Å². The number of carbonyl (C=O) groups excluding carboxylic acids is 3. The summed E-state index contributed by atoms with van der Waals surface area (Å²) in [6.07, 6.45) is -0.692. The maximum Gasteiger partial charge on any atom is 0.308 e. The summed E-state index contributed by atoms with van der Waals surface area (Å²) in [7, 11) is 0. The molecule has 38 heavy (non-hydrogen) atoms. The third kappa shape index (κ3) is 6.33. The summed E-state index contributed by atoms with van der Waals surface area (Å²) in [5.41, 5.74) is 1.22. The first-order chi connectivity index (χ1) is 18.4. The number of hydrogen-bond donors (Lipinski definition) is 1. The highest BCUT2D eigenvalue weighted by molar-refractivity contribution is 5.99. The zero-order chi connectivity index (χ0) is 27.1. The van der Waals surface area contributed by atoms with Gasteiger partial charge in [-0.3, -0.25) is 24.5 Å². The Morgan fingerprint density at radius 1 is 1.11 bits per heavy atom. The zero-order valence-electron chi connectivity index (χ0n) is 20.7. The van der Waals surface area contributed by atoms with Gasteiger partial charge >= 0.3 is 5.97 Å². The summed E-state index contributed by atoms with van der Waals surface area (Å²) in [5.74, 6) is -1.34. The lowest BCUT2D eigenvalue weighted by Gasteiger charge is -2.25. The molecular formula is C28H27N3O7. The van der Waals surface area contributed by atoms with Gasteiger partial charge in [-0.15, -0.1) is 0 Å². The quantitative estimate of drug-likeness (QED) is 0.258. The van der Waals surface area contributed by atoms with Crippen molar-refractivity contribution in [2.45, 2.75) is 25.5 Å². The van der Waals surface area contributed by atoms with Crippen molar-refractivity contribution in [2.24, 2.45) is 0 Å². The molecule has 1 unspecified atom stereocenters. The van der Waals surface area contributed by atoms with Crippen molar-refractivity contribution in [1.29, 1.82) is 0 Å². The number of non-ortho nitro benzene ring substituents is 1. The summed E-state index contributed by atoms with van der Waals surface area (Å²) in [6, 6.07) is 21.3. The summed E-state index contributed by atoms with van der Waals surface area (Å²) in [6.45, 7) is 1.60. The molecule has 1 aliphatic rings. The normalized spacial score (nSPS) is 15.4. The number of hydrogen-bond acceptors (Lipinski definition) is 7. The molecule has 196 valence electrons. The monoisotopic (exact) mass is 517 g/mol. The minimum Gasteiger partial charge on any atom is -0.483 e. The highest BCUT2D eigenvalue weighted by Gasteiger charge is 2.33. The number of nitro groups is 1. The van der Waals surface area contributed by atoms with E-state index in [2.05, 4.69) is 5.32 Å². The van der Waals surface area contributed by atoms with Gasteiger partial charge in [0, 0.05) is 12.1 Å². The van der Waals surface area contributed by atoms with E-state index in [9.17, 15) is 24.5 Å². The summed E-state index contributed by atoms with van der Waals surface area (Å²) >= 11 is 0. The van der Waals surface area contributed by atoms with Crippen LogP contribution in [0.5, 0.6) is 5.75 Å². The number of amides is 2. The first-order valence-corrected chi connectivity index (χ1v) is 12.1. The second-order valence-electron chi connectivity index (χ2n) is 8.68. The van der Waals surface area contributed by atoms with Gasteiger partial charge in [0.15, 0.2) is 0 Å².